The molecule has 0 aliphatic rings. The lowest BCUT2D eigenvalue weighted by atomic mass is 9.80. The van der Waals surface area contributed by atoms with E-state index in [4.69, 9.17) is 4.74 Å². The molecule has 0 bridgehead atoms. The molecule has 2 N–H and O–H groups in total. The first kappa shape index (κ1) is 28.4. The minimum atomic E-state index is -0.741. The van der Waals surface area contributed by atoms with Gasteiger partial charge in [-0.25, -0.2) is 0 Å². The van der Waals surface area contributed by atoms with E-state index in [1.807, 2.05) is 51.1 Å². The third-order valence-electron chi connectivity index (χ3n) is 5.66. The Morgan fingerprint density at radius 1 is 0.600 bits per heavy atom. The van der Waals surface area contributed by atoms with Gasteiger partial charge < -0.3 is 15.4 Å². The number of rotatable bonds is 3. The van der Waals surface area contributed by atoms with Crippen molar-refractivity contribution < 1.29 is 14.3 Å². The van der Waals surface area contributed by atoms with E-state index in [0.29, 0.717) is 17.1 Å². The number of anilines is 2. The maximum absolute atomic E-state index is 13.0. The van der Waals surface area contributed by atoms with Gasteiger partial charge in [0.2, 0.25) is 0 Å². The van der Waals surface area contributed by atoms with Crippen LogP contribution in [0, 0.1) is 0 Å². The zero-order valence-corrected chi connectivity index (χ0v) is 23.7. The summed E-state index contributed by atoms with van der Waals surface area (Å²) in [7, 11) is 0. The van der Waals surface area contributed by atoms with Crippen LogP contribution in [0.5, 0.6) is 5.75 Å². The van der Waals surface area contributed by atoms with Crippen molar-refractivity contribution in [1.29, 1.82) is 0 Å². The van der Waals surface area contributed by atoms with Crippen LogP contribution in [0.1, 0.15) is 99.8 Å². The fraction of sp³-hybridized carbons (Fsp3) is 0.533. The summed E-state index contributed by atoms with van der Waals surface area (Å²) in [4.78, 5) is 26.0. The second-order valence-corrected chi connectivity index (χ2v) is 13.3. The molecule has 0 unspecified atom stereocenters. The quantitative estimate of drug-likeness (QED) is 0.452. The Kier molecular flexibility index (Phi) is 7.86. The number of hydrogen-bond donors (Lipinski definition) is 2. The number of benzene rings is 2. The van der Waals surface area contributed by atoms with Crippen LogP contribution in [0.3, 0.4) is 0 Å². The molecule has 35 heavy (non-hydrogen) atoms. The number of carbonyl (C=O) groups excluding carboxylic acids is 2. The normalized spacial score (nSPS) is 12.8. The third kappa shape index (κ3) is 7.84. The molecular weight excluding hydrogens is 436 g/mol. The molecule has 0 atom stereocenters. The van der Waals surface area contributed by atoms with Crippen molar-refractivity contribution in [3.8, 4) is 5.75 Å². The summed E-state index contributed by atoms with van der Waals surface area (Å²) in [6.45, 7) is 24.9. The van der Waals surface area contributed by atoms with Gasteiger partial charge in [0.05, 0.1) is 5.69 Å². The number of hydrogen-bond acceptors (Lipinski definition) is 3. The van der Waals surface area contributed by atoms with E-state index in [0.717, 1.165) is 11.1 Å². The molecular formula is C30H44N2O3. The topological polar surface area (TPSA) is 67.4 Å². The highest BCUT2D eigenvalue weighted by molar-refractivity contribution is 6.43. The zero-order valence-electron chi connectivity index (χ0n) is 23.7. The molecule has 2 rings (SSSR count). The van der Waals surface area contributed by atoms with E-state index in [-0.39, 0.29) is 16.2 Å². The van der Waals surface area contributed by atoms with E-state index in [9.17, 15) is 9.59 Å². The fourth-order valence-corrected chi connectivity index (χ4v) is 3.61. The predicted molar refractivity (Wildman–Crippen MR) is 147 cm³/mol. The van der Waals surface area contributed by atoms with Crippen LogP contribution in [0.15, 0.2) is 36.4 Å². The lowest BCUT2D eigenvalue weighted by Gasteiger charge is -2.27. The molecule has 0 radical (unpaired) electrons. The number of amides is 2. The molecule has 5 heteroatoms. The van der Waals surface area contributed by atoms with Crippen LogP contribution in [0.4, 0.5) is 11.4 Å². The molecule has 2 aromatic carbocycles. The molecule has 0 heterocycles. The van der Waals surface area contributed by atoms with E-state index in [1.165, 1.54) is 5.56 Å². The van der Waals surface area contributed by atoms with Gasteiger partial charge in [0, 0.05) is 5.69 Å². The van der Waals surface area contributed by atoms with Crippen LogP contribution in [-0.2, 0) is 25.8 Å². The van der Waals surface area contributed by atoms with Crippen molar-refractivity contribution in [2.24, 2.45) is 0 Å². The van der Waals surface area contributed by atoms with Crippen LogP contribution in [0.2, 0.25) is 0 Å². The summed E-state index contributed by atoms with van der Waals surface area (Å²) >= 11 is 0. The van der Waals surface area contributed by atoms with E-state index in [1.54, 1.807) is 0 Å². The van der Waals surface area contributed by atoms with Gasteiger partial charge in [0.15, 0.2) is 0 Å². The summed E-state index contributed by atoms with van der Waals surface area (Å²) in [5.74, 6) is -0.937. The van der Waals surface area contributed by atoms with Crippen molar-refractivity contribution >= 4 is 23.2 Å². The smallest absolute Gasteiger partial charge is 0.314 e. The Morgan fingerprint density at radius 3 is 1.51 bits per heavy atom. The zero-order chi connectivity index (χ0) is 27.0. The highest BCUT2D eigenvalue weighted by Gasteiger charge is 2.26. The molecule has 0 fully saturated rings. The second-order valence-electron chi connectivity index (χ2n) is 13.3. The monoisotopic (exact) mass is 480 g/mol. The molecule has 0 aliphatic carbocycles. The lowest BCUT2D eigenvalue weighted by Crippen LogP contribution is -2.31. The van der Waals surface area contributed by atoms with Crippen LogP contribution >= 0.6 is 0 Å². The van der Waals surface area contributed by atoms with Crippen LogP contribution < -0.4 is 15.4 Å². The Hall–Kier alpha value is -2.82. The maximum atomic E-state index is 13.0. The maximum Gasteiger partial charge on any atom is 0.314 e. The van der Waals surface area contributed by atoms with Crippen molar-refractivity contribution in [2.45, 2.75) is 105 Å². The van der Waals surface area contributed by atoms with Gasteiger partial charge in [0.1, 0.15) is 11.4 Å². The Morgan fingerprint density at radius 2 is 1.06 bits per heavy atom. The van der Waals surface area contributed by atoms with Crippen LogP contribution in [0.25, 0.3) is 0 Å². The molecule has 0 aromatic heterocycles. The van der Waals surface area contributed by atoms with Crippen molar-refractivity contribution in [3.63, 3.8) is 0 Å². The summed E-state index contributed by atoms with van der Waals surface area (Å²) in [6.07, 6.45) is 0. The largest absolute Gasteiger partial charge is 0.486 e. The summed E-state index contributed by atoms with van der Waals surface area (Å²) in [6, 6.07) is 11.7. The minimum absolute atomic E-state index is 0.0263. The molecule has 0 aliphatic heterocycles. The van der Waals surface area contributed by atoms with Gasteiger partial charge in [-0.15, -0.1) is 0 Å². The summed E-state index contributed by atoms with van der Waals surface area (Å²) in [5.41, 5.74) is 3.48. The molecule has 2 amide bonds. The van der Waals surface area contributed by atoms with E-state index >= 15 is 0 Å². The Balaban J connectivity index is 2.37. The third-order valence-corrected chi connectivity index (χ3v) is 5.66. The molecule has 192 valence electrons. The summed E-state index contributed by atoms with van der Waals surface area (Å²) in [5, 5.41) is 5.62. The van der Waals surface area contributed by atoms with Crippen LogP contribution in [-0.4, -0.2) is 17.4 Å². The fourth-order valence-electron chi connectivity index (χ4n) is 3.61. The average Bonchev–Trinajstić information content (AvgIpc) is 2.65. The number of carbonyl (C=O) groups is 2. The highest BCUT2D eigenvalue weighted by atomic mass is 16.5. The molecule has 0 saturated heterocycles. The van der Waals surface area contributed by atoms with E-state index < -0.39 is 17.4 Å². The lowest BCUT2D eigenvalue weighted by molar-refractivity contribution is -0.133. The van der Waals surface area contributed by atoms with Gasteiger partial charge in [-0.2, -0.15) is 0 Å². The first-order valence-electron chi connectivity index (χ1n) is 12.3. The molecule has 2 aromatic rings. The van der Waals surface area contributed by atoms with Crippen molar-refractivity contribution in [2.75, 3.05) is 10.6 Å². The molecule has 0 saturated carbocycles. The SMILES string of the molecule is CC(C)(C)Oc1ccc(C(C)(C)C)cc1NC(=O)C(=O)Nc1ccc(C(C)(C)C)cc1C(C)(C)C. The van der Waals surface area contributed by atoms with Crippen molar-refractivity contribution in [3.05, 3.63) is 53.1 Å². The Labute approximate surface area is 212 Å². The highest BCUT2D eigenvalue weighted by Crippen LogP contribution is 2.35. The first-order valence-corrected chi connectivity index (χ1v) is 12.3. The number of nitrogens with one attached hydrogen (secondary N) is 2. The number of ether oxygens (including phenoxy) is 1. The van der Waals surface area contributed by atoms with E-state index in [2.05, 4.69) is 79.0 Å². The molecule has 5 nitrogen and oxygen atoms in total. The molecule has 0 spiro atoms. The Bertz CT molecular complexity index is 1090. The second kappa shape index (κ2) is 9.67. The standard InChI is InChI=1S/C30H44N2O3/c1-27(2,3)19-13-15-22(21(17-19)29(7,8)9)31-25(33)26(34)32-23-18-20(28(4,5)6)14-16-24(23)35-30(10,11)12/h13-18H,1-12H3,(H,31,33)(H,32,34). The van der Waals surface area contributed by atoms with Gasteiger partial charge in [0.25, 0.3) is 0 Å². The first-order chi connectivity index (χ1) is 15.7. The predicted octanol–water partition coefficient (Wildman–Crippen LogP) is 7.33. The van der Waals surface area contributed by atoms with Gasteiger partial charge in [-0.3, -0.25) is 9.59 Å². The average molecular weight is 481 g/mol. The minimum Gasteiger partial charge on any atom is -0.486 e. The van der Waals surface area contributed by atoms with Gasteiger partial charge in [-0.05, 0) is 71.9 Å². The summed E-state index contributed by atoms with van der Waals surface area (Å²) < 4.78 is 6.06. The van der Waals surface area contributed by atoms with Gasteiger partial charge >= 0.3 is 11.8 Å². The van der Waals surface area contributed by atoms with Crippen molar-refractivity contribution in [1.82, 2.24) is 0 Å². The van der Waals surface area contributed by atoms with Gasteiger partial charge in [-0.1, -0.05) is 80.5 Å².